The Hall–Kier alpha value is -1.00. The van der Waals surface area contributed by atoms with Gasteiger partial charge in [-0.05, 0) is 12.2 Å². The van der Waals surface area contributed by atoms with Gasteiger partial charge in [-0.15, -0.1) is 10.1 Å². The first kappa shape index (κ1) is 9.38. The summed E-state index contributed by atoms with van der Waals surface area (Å²) >= 11 is 3.81. The van der Waals surface area contributed by atoms with Gasteiger partial charge in [0.25, 0.3) is 5.09 Å². The number of thiocarbonyl (C=S) groups is 1. The summed E-state index contributed by atoms with van der Waals surface area (Å²) in [5.41, 5.74) is 0. The van der Waals surface area contributed by atoms with Crippen molar-refractivity contribution in [3.8, 4) is 0 Å². The van der Waals surface area contributed by atoms with Gasteiger partial charge < -0.3 is 5.21 Å². The van der Waals surface area contributed by atoms with Crippen LogP contribution in [-0.2, 0) is 0 Å². The molecular formula is CH2N2O3S. The molecule has 0 fully saturated rings. The summed E-state index contributed by atoms with van der Waals surface area (Å²) in [6, 6.07) is 0. The summed E-state index contributed by atoms with van der Waals surface area (Å²) in [5.74, 6) is 0. The Labute approximate surface area is 44.2 Å². The molecule has 0 unspecified atom stereocenters. The molecule has 0 aromatic carbocycles. The molecule has 6 heteroatoms. The van der Waals surface area contributed by atoms with E-state index in [-0.39, 0.29) is 0 Å². The fourth-order valence-electron chi connectivity index (χ4n) is 0. The highest BCUT2D eigenvalue weighted by atomic mass is 32.1. The first-order valence-electron chi connectivity index (χ1n) is 1.02. The van der Waals surface area contributed by atoms with Gasteiger partial charge in [0.05, 0.1) is 5.16 Å². The third-order valence-electron chi connectivity index (χ3n) is 0. The average molecular weight is 122 g/mol. The molecule has 0 aliphatic carbocycles. The highest BCUT2D eigenvalue weighted by Crippen LogP contribution is 1.38. The van der Waals surface area contributed by atoms with Gasteiger partial charge in [0.15, 0.2) is 0 Å². The molecule has 0 aromatic rings. The zero-order valence-electron chi connectivity index (χ0n) is 3.12. The lowest BCUT2D eigenvalue weighted by Gasteiger charge is -1.56. The minimum absolute atomic E-state index is 1.50. The zero-order chi connectivity index (χ0) is 6.28. The van der Waals surface area contributed by atoms with E-state index in [1.807, 2.05) is 0 Å². The lowest BCUT2D eigenvalue weighted by Crippen LogP contribution is -1.81. The molecule has 0 radical (unpaired) electrons. The first-order valence-corrected chi connectivity index (χ1v) is 1.43. The van der Waals surface area contributed by atoms with Crippen LogP contribution in [0.1, 0.15) is 0 Å². The summed E-state index contributed by atoms with van der Waals surface area (Å²) < 4.78 is 0. The SMILES string of the molecule is N=C=S.O=[N+]([O-])O. The van der Waals surface area contributed by atoms with Gasteiger partial charge in [0.2, 0.25) is 0 Å². The second-order valence-corrected chi connectivity index (χ2v) is 0.544. The predicted molar refractivity (Wildman–Crippen MR) is 24.1 cm³/mol. The lowest BCUT2D eigenvalue weighted by molar-refractivity contribution is -0.742. The van der Waals surface area contributed by atoms with Gasteiger partial charge >= 0.3 is 0 Å². The predicted octanol–water partition coefficient (Wildman–Crippen LogP) is 0.320. The number of isothiocyanates is 1. The monoisotopic (exact) mass is 122 g/mol. The molecule has 0 heterocycles. The van der Waals surface area contributed by atoms with Crippen molar-refractivity contribution in [1.82, 2.24) is 0 Å². The van der Waals surface area contributed by atoms with Crippen LogP contribution < -0.4 is 0 Å². The fraction of sp³-hybridized carbons (Fsp3) is 0. The maximum Gasteiger partial charge on any atom is 0.291 e. The van der Waals surface area contributed by atoms with Gasteiger partial charge in [0, 0.05) is 0 Å². The largest absolute Gasteiger partial charge is 0.328 e. The molecule has 40 valence electrons. The van der Waals surface area contributed by atoms with Crippen molar-refractivity contribution in [2.75, 3.05) is 0 Å². The van der Waals surface area contributed by atoms with Crippen LogP contribution in [0.2, 0.25) is 0 Å². The van der Waals surface area contributed by atoms with Crippen LogP contribution in [0.3, 0.4) is 0 Å². The number of hydrogen-bond donors (Lipinski definition) is 2. The van der Waals surface area contributed by atoms with Crippen LogP contribution in [0, 0.1) is 15.5 Å². The van der Waals surface area contributed by atoms with E-state index >= 15 is 0 Å². The molecule has 2 N–H and O–H groups in total. The molecule has 0 aliphatic heterocycles. The summed E-state index contributed by atoms with van der Waals surface area (Å²) in [7, 11) is 0. The van der Waals surface area contributed by atoms with Crippen LogP contribution in [0.25, 0.3) is 0 Å². The number of nitrogens with zero attached hydrogens (tertiary/aromatic N) is 1. The average Bonchev–Trinajstić information content (AvgIpc) is 1.33. The Morgan fingerprint density at radius 1 is 2.00 bits per heavy atom. The summed E-state index contributed by atoms with van der Waals surface area (Å²) in [6.07, 6.45) is 0. The van der Waals surface area contributed by atoms with Crippen LogP contribution >= 0.6 is 12.2 Å². The Balaban J connectivity index is 0. The molecule has 7 heavy (non-hydrogen) atoms. The van der Waals surface area contributed by atoms with E-state index in [1.54, 1.807) is 5.16 Å². The second kappa shape index (κ2) is 8.89. The summed E-state index contributed by atoms with van der Waals surface area (Å²) in [4.78, 5) is 8.36. The summed E-state index contributed by atoms with van der Waals surface area (Å²) in [5, 5.41) is 21.0. The normalized spacial score (nSPS) is 4.57. The Kier molecular flexibility index (Phi) is 11.9. The minimum Gasteiger partial charge on any atom is -0.328 e. The molecule has 0 aliphatic rings. The molecule has 5 nitrogen and oxygen atoms in total. The van der Waals surface area contributed by atoms with Crippen molar-refractivity contribution in [1.29, 1.82) is 5.41 Å². The van der Waals surface area contributed by atoms with Crippen molar-refractivity contribution in [2.45, 2.75) is 0 Å². The molecule has 0 rings (SSSR count). The van der Waals surface area contributed by atoms with Crippen LogP contribution in [0.4, 0.5) is 0 Å². The summed E-state index contributed by atoms with van der Waals surface area (Å²) in [6.45, 7) is 0. The van der Waals surface area contributed by atoms with Gasteiger partial charge in [-0.1, -0.05) is 0 Å². The van der Waals surface area contributed by atoms with Gasteiger partial charge in [0.1, 0.15) is 0 Å². The standard InChI is InChI=1S/CHNS.HNO3/c2-1-3;2-1(3)4/h2H;(H,2,3,4). The van der Waals surface area contributed by atoms with E-state index in [2.05, 4.69) is 12.2 Å². The number of rotatable bonds is 0. The molecule has 0 amide bonds. The van der Waals surface area contributed by atoms with E-state index in [4.69, 9.17) is 20.7 Å². The van der Waals surface area contributed by atoms with Crippen molar-refractivity contribution in [3.63, 3.8) is 0 Å². The van der Waals surface area contributed by atoms with E-state index in [9.17, 15) is 0 Å². The molecule has 0 saturated heterocycles. The quantitative estimate of drug-likeness (QED) is 0.209. The number of nitrogens with one attached hydrogen (secondary N) is 1. The van der Waals surface area contributed by atoms with Gasteiger partial charge in [-0.3, -0.25) is 0 Å². The van der Waals surface area contributed by atoms with E-state index in [0.29, 0.717) is 0 Å². The zero-order valence-corrected chi connectivity index (χ0v) is 3.94. The van der Waals surface area contributed by atoms with Crippen molar-refractivity contribution in [2.24, 2.45) is 0 Å². The van der Waals surface area contributed by atoms with Crippen molar-refractivity contribution < 1.29 is 10.3 Å². The van der Waals surface area contributed by atoms with E-state index in [0.717, 1.165) is 0 Å². The maximum absolute atomic E-state index is 8.36. The van der Waals surface area contributed by atoms with Gasteiger partial charge in [-0.25, -0.2) is 5.41 Å². The second-order valence-electron chi connectivity index (χ2n) is 0.340. The molecule has 0 spiro atoms. The molecule has 0 aromatic heterocycles. The van der Waals surface area contributed by atoms with E-state index < -0.39 is 5.09 Å². The molecule has 0 saturated carbocycles. The highest BCUT2D eigenvalue weighted by Gasteiger charge is 1.65. The van der Waals surface area contributed by atoms with Crippen LogP contribution in [-0.4, -0.2) is 15.5 Å². The van der Waals surface area contributed by atoms with Gasteiger partial charge in [-0.2, -0.15) is 0 Å². The molecule has 0 bridgehead atoms. The maximum atomic E-state index is 8.36. The topological polar surface area (TPSA) is 87.2 Å². The smallest absolute Gasteiger partial charge is 0.291 e. The minimum atomic E-state index is -1.50. The van der Waals surface area contributed by atoms with Crippen LogP contribution in [0.5, 0.6) is 0 Å². The fourth-order valence-corrected chi connectivity index (χ4v) is 0. The van der Waals surface area contributed by atoms with Crippen LogP contribution in [0.15, 0.2) is 0 Å². The third-order valence-corrected chi connectivity index (χ3v) is 0. The Morgan fingerprint density at radius 3 is 2.00 bits per heavy atom. The van der Waals surface area contributed by atoms with Crippen molar-refractivity contribution in [3.05, 3.63) is 10.1 Å². The van der Waals surface area contributed by atoms with Crippen molar-refractivity contribution >= 4 is 17.4 Å². The Bertz CT molecular complexity index is 80.9. The number of hydrogen-bond acceptors (Lipinski definition) is 4. The molecular weight excluding hydrogens is 120 g/mol. The highest BCUT2D eigenvalue weighted by molar-refractivity contribution is 7.78. The van der Waals surface area contributed by atoms with E-state index in [1.165, 1.54) is 0 Å². The first-order chi connectivity index (χ1) is 3.15. The third kappa shape index (κ3) is 45.0. The molecule has 0 atom stereocenters. The Morgan fingerprint density at radius 2 is 2.00 bits per heavy atom. The lowest BCUT2D eigenvalue weighted by atomic mass is 11.8.